The van der Waals surface area contributed by atoms with Gasteiger partial charge in [-0.3, -0.25) is 14.5 Å². The lowest BCUT2D eigenvalue weighted by Gasteiger charge is -2.24. The molecule has 4 rings (SSSR count). The average Bonchev–Trinajstić information content (AvgIpc) is 3.63. The third-order valence-corrected chi connectivity index (χ3v) is 7.64. The molecule has 1 aromatic heterocycles. The first-order chi connectivity index (χ1) is 19.1. The number of benzene rings is 2. The molecule has 0 aliphatic heterocycles. The van der Waals surface area contributed by atoms with Crippen LogP contribution in [0.15, 0.2) is 42.7 Å². The van der Waals surface area contributed by atoms with Gasteiger partial charge in [0, 0.05) is 31.5 Å². The molecule has 0 atom stereocenters. The van der Waals surface area contributed by atoms with Crippen molar-refractivity contribution in [2.45, 2.75) is 58.9 Å². The molecule has 220 valence electrons. The SMILES string of the molecule is COc1c(NC(=O)c2ccc(C)c(N(N)/C=C(\N)c3c[nH][n+](C4CC4)c3C)c2)cc(C(C)(C)C)cc1NS(C)(=O)=O. The van der Waals surface area contributed by atoms with E-state index < -0.39 is 15.9 Å². The van der Waals surface area contributed by atoms with Gasteiger partial charge in [0.2, 0.25) is 15.7 Å². The van der Waals surface area contributed by atoms with Crippen molar-refractivity contribution in [3.05, 3.63) is 70.7 Å². The van der Waals surface area contributed by atoms with E-state index in [0.29, 0.717) is 28.7 Å². The van der Waals surface area contributed by atoms with Crippen LogP contribution >= 0.6 is 0 Å². The van der Waals surface area contributed by atoms with Crippen molar-refractivity contribution in [3.8, 4) is 5.75 Å². The van der Waals surface area contributed by atoms with E-state index >= 15 is 0 Å². The quantitative estimate of drug-likeness (QED) is 0.146. The van der Waals surface area contributed by atoms with Gasteiger partial charge < -0.3 is 15.8 Å². The van der Waals surface area contributed by atoms with Gasteiger partial charge in [-0.05, 0) is 47.7 Å². The van der Waals surface area contributed by atoms with Crippen molar-refractivity contribution >= 4 is 38.7 Å². The second kappa shape index (κ2) is 11.1. The number of nitrogens with zero attached hydrogens (tertiary/aromatic N) is 2. The second-order valence-electron chi connectivity index (χ2n) is 11.5. The van der Waals surface area contributed by atoms with Crippen LogP contribution in [-0.4, -0.2) is 32.8 Å². The van der Waals surface area contributed by atoms with Gasteiger partial charge in [0.05, 0.1) is 47.9 Å². The Morgan fingerprint density at radius 3 is 2.41 bits per heavy atom. The van der Waals surface area contributed by atoms with E-state index in [9.17, 15) is 13.2 Å². The number of carbonyl (C=O) groups excluding carboxylic acids is 1. The maximum absolute atomic E-state index is 13.5. The Morgan fingerprint density at radius 1 is 1.17 bits per heavy atom. The first kappa shape index (κ1) is 29.9. The van der Waals surface area contributed by atoms with Gasteiger partial charge in [-0.2, -0.15) is 5.10 Å². The van der Waals surface area contributed by atoms with Crippen LogP contribution in [0.5, 0.6) is 5.75 Å². The van der Waals surface area contributed by atoms with Crippen molar-refractivity contribution in [2.24, 2.45) is 11.6 Å². The second-order valence-corrected chi connectivity index (χ2v) is 13.3. The number of rotatable bonds is 9. The van der Waals surface area contributed by atoms with E-state index in [-0.39, 0.29) is 16.9 Å². The Bertz CT molecular complexity index is 1620. The number of carbonyl (C=O) groups is 1. The van der Waals surface area contributed by atoms with E-state index in [0.717, 1.165) is 41.5 Å². The van der Waals surface area contributed by atoms with Gasteiger partial charge in [0.15, 0.2) is 11.8 Å². The Hall–Kier alpha value is -4.03. The number of amides is 1. The third kappa shape index (κ3) is 6.83. The fourth-order valence-corrected chi connectivity index (χ4v) is 5.18. The maximum atomic E-state index is 13.5. The topological polar surface area (TPSA) is 159 Å². The number of anilines is 3. The summed E-state index contributed by atoms with van der Waals surface area (Å²) in [6, 6.07) is 9.16. The molecule has 1 saturated carbocycles. The first-order valence-corrected chi connectivity index (χ1v) is 15.2. The molecule has 0 radical (unpaired) electrons. The predicted molar refractivity (Wildman–Crippen MR) is 162 cm³/mol. The minimum absolute atomic E-state index is 0.200. The van der Waals surface area contributed by atoms with Crippen molar-refractivity contribution < 1.29 is 22.6 Å². The number of aryl methyl sites for hydroxylation is 1. The van der Waals surface area contributed by atoms with Crippen LogP contribution in [0.3, 0.4) is 0 Å². The highest BCUT2D eigenvalue weighted by molar-refractivity contribution is 7.92. The van der Waals surface area contributed by atoms with Crippen molar-refractivity contribution in [1.82, 2.24) is 5.10 Å². The fourth-order valence-electron chi connectivity index (χ4n) is 4.63. The van der Waals surface area contributed by atoms with Crippen LogP contribution in [0.25, 0.3) is 5.70 Å². The smallest absolute Gasteiger partial charge is 0.255 e. The minimum atomic E-state index is -3.60. The van der Waals surface area contributed by atoms with E-state index in [1.807, 2.05) is 40.8 Å². The van der Waals surface area contributed by atoms with Crippen molar-refractivity contribution in [2.75, 3.05) is 28.4 Å². The molecule has 1 aliphatic carbocycles. The van der Waals surface area contributed by atoms with Gasteiger partial charge >= 0.3 is 0 Å². The fraction of sp³-hybridized carbons (Fsp3) is 0.379. The van der Waals surface area contributed by atoms with Crippen LogP contribution in [-0.2, 0) is 15.4 Å². The zero-order valence-corrected chi connectivity index (χ0v) is 25.4. The van der Waals surface area contributed by atoms with E-state index in [1.54, 1.807) is 36.5 Å². The molecule has 1 fully saturated rings. The molecular weight excluding hydrogens is 542 g/mol. The number of aromatic nitrogens is 2. The maximum Gasteiger partial charge on any atom is 0.255 e. The lowest BCUT2D eigenvalue weighted by atomic mass is 9.86. The molecule has 1 amide bonds. The van der Waals surface area contributed by atoms with Gasteiger partial charge in [-0.15, -0.1) is 4.68 Å². The summed E-state index contributed by atoms with van der Waals surface area (Å²) >= 11 is 0. The van der Waals surface area contributed by atoms with Gasteiger partial charge in [-0.25, -0.2) is 14.3 Å². The summed E-state index contributed by atoms with van der Waals surface area (Å²) in [4.78, 5) is 13.5. The third-order valence-electron chi connectivity index (χ3n) is 7.05. The molecule has 7 N–H and O–H groups in total. The van der Waals surface area contributed by atoms with Crippen LogP contribution in [0.4, 0.5) is 17.1 Å². The molecule has 0 bridgehead atoms. The number of methoxy groups -OCH3 is 1. The highest BCUT2D eigenvalue weighted by Crippen LogP contribution is 2.39. The zero-order valence-electron chi connectivity index (χ0n) is 24.6. The number of hydrazine groups is 1. The summed E-state index contributed by atoms with van der Waals surface area (Å²) < 4.78 is 34.2. The number of aromatic amines is 1. The number of nitrogens with one attached hydrogen (secondary N) is 3. The standard InChI is InChI=1S/C29H39N7O4S/c1-17-8-9-19(12-26(17)35(31)16-23(30)22-15-32-36(18(22)2)21-10-11-21)28(37)33-24-13-20(29(3,4)5)14-25(27(24)40-6)34-41(7,38)39/h8-9,12-16,21,34H,10-11,30-31H2,1-7H3,(H,33,37)/p+1/b23-16-. The molecule has 0 unspecified atom stereocenters. The van der Waals surface area contributed by atoms with E-state index in [4.69, 9.17) is 16.3 Å². The van der Waals surface area contributed by atoms with E-state index in [2.05, 4.69) is 19.8 Å². The van der Waals surface area contributed by atoms with Crippen LogP contribution in [0.2, 0.25) is 0 Å². The Labute approximate surface area is 241 Å². The molecule has 0 saturated heterocycles. The Morgan fingerprint density at radius 2 is 1.83 bits per heavy atom. The summed E-state index contributed by atoms with van der Waals surface area (Å²) in [5.41, 5.74) is 11.6. The Balaban J connectivity index is 1.65. The number of hydrogen-bond donors (Lipinski definition) is 5. The van der Waals surface area contributed by atoms with E-state index in [1.165, 1.54) is 12.1 Å². The molecule has 11 nitrogen and oxygen atoms in total. The number of ether oxygens (including phenoxy) is 1. The van der Waals surface area contributed by atoms with Gasteiger partial charge in [0.25, 0.3) is 5.91 Å². The monoisotopic (exact) mass is 582 g/mol. The average molecular weight is 583 g/mol. The molecule has 2 aromatic carbocycles. The lowest BCUT2D eigenvalue weighted by Crippen LogP contribution is -2.37. The predicted octanol–water partition coefficient (Wildman–Crippen LogP) is 3.82. The zero-order chi connectivity index (χ0) is 30.3. The summed E-state index contributed by atoms with van der Waals surface area (Å²) in [6.45, 7) is 9.88. The highest BCUT2D eigenvalue weighted by atomic mass is 32.2. The highest BCUT2D eigenvalue weighted by Gasteiger charge is 2.36. The molecular formula is C29H40N7O4S+. The lowest BCUT2D eigenvalue weighted by molar-refractivity contribution is -0.758. The van der Waals surface area contributed by atoms with Gasteiger partial charge in [-0.1, -0.05) is 26.8 Å². The summed E-state index contributed by atoms with van der Waals surface area (Å²) in [7, 11) is -2.19. The molecule has 1 heterocycles. The van der Waals surface area contributed by atoms with Gasteiger partial charge in [0.1, 0.15) is 0 Å². The Kier molecular flexibility index (Phi) is 8.10. The number of sulfonamides is 1. The number of nitrogens with two attached hydrogens (primary N) is 2. The summed E-state index contributed by atoms with van der Waals surface area (Å²) in [6.07, 6.45) is 6.86. The first-order valence-electron chi connectivity index (χ1n) is 13.3. The summed E-state index contributed by atoms with van der Waals surface area (Å²) in [5.74, 6) is 6.20. The molecule has 0 spiro atoms. The van der Waals surface area contributed by atoms with Crippen molar-refractivity contribution in [3.63, 3.8) is 0 Å². The number of hydrogen-bond acceptors (Lipinski definition) is 7. The minimum Gasteiger partial charge on any atom is -0.492 e. The normalized spacial score (nSPS) is 14.1. The van der Waals surface area contributed by atoms with Crippen LogP contribution in [0, 0.1) is 13.8 Å². The number of H-pyrrole nitrogens is 1. The molecule has 41 heavy (non-hydrogen) atoms. The molecule has 1 aliphatic rings. The largest absolute Gasteiger partial charge is 0.492 e. The molecule has 3 aromatic rings. The van der Waals surface area contributed by atoms with Crippen molar-refractivity contribution in [1.29, 1.82) is 0 Å². The van der Waals surface area contributed by atoms with Crippen LogP contribution < -0.4 is 36.0 Å². The van der Waals surface area contributed by atoms with Crippen LogP contribution in [0.1, 0.15) is 72.4 Å². The molecule has 12 heteroatoms. The summed E-state index contributed by atoms with van der Waals surface area (Å²) in [5, 5.41) is 7.56.